The minimum atomic E-state index is -1.46. The van der Waals surface area contributed by atoms with E-state index in [4.69, 9.17) is 18.9 Å². The molecule has 0 amide bonds. The van der Waals surface area contributed by atoms with E-state index < -0.39 is 42.5 Å². The zero-order valence-electron chi connectivity index (χ0n) is 10.8. The number of aliphatic hydroxyl groups excluding tert-OH is 1. The molecular formula is C11H16O8. The summed E-state index contributed by atoms with van der Waals surface area (Å²) in [6.45, 7) is 3.29. The molecule has 1 aliphatic heterocycles. The summed E-state index contributed by atoms with van der Waals surface area (Å²) in [5.74, 6) is -1.95. The van der Waals surface area contributed by atoms with Crippen LogP contribution in [0.1, 0.15) is 20.8 Å². The van der Waals surface area contributed by atoms with Gasteiger partial charge in [-0.15, -0.1) is 0 Å². The molecule has 0 spiro atoms. The van der Waals surface area contributed by atoms with Gasteiger partial charge in [-0.2, -0.15) is 0 Å². The Kier molecular flexibility index (Phi) is 5.25. The molecule has 4 unspecified atom stereocenters. The Hall–Kier alpha value is -1.67. The van der Waals surface area contributed by atoms with Crippen LogP contribution in [0.15, 0.2) is 0 Å². The molecule has 1 N–H and O–H groups in total. The predicted molar refractivity (Wildman–Crippen MR) is 58.6 cm³/mol. The highest BCUT2D eigenvalue weighted by Gasteiger charge is 2.46. The van der Waals surface area contributed by atoms with Gasteiger partial charge in [0.1, 0.15) is 0 Å². The second kappa shape index (κ2) is 6.48. The summed E-state index contributed by atoms with van der Waals surface area (Å²) in [6, 6.07) is 0. The second-order valence-corrected chi connectivity index (χ2v) is 4.02. The van der Waals surface area contributed by atoms with E-state index in [-0.39, 0.29) is 6.61 Å². The van der Waals surface area contributed by atoms with Gasteiger partial charge in [0.2, 0.25) is 0 Å². The first-order valence-corrected chi connectivity index (χ1v) is 5.62. The Morgan fingerprint density at radius 3 is 1.89 bits per heavy atom. The highest BCUT2D eigenvalue weighted by Crippen LogP contribution is 2.23. The molecule has 4 atom stereocenters. The van der Waals surface area contributed by atoms with Gasteiger partial charge in [-0.25, -0.2) is 0 Å². The molecule has 0 aromatic heterocycles. The van der Waals surface area contributed by atoms with E-state index in [9.17, 15) is 19.5 Å². The molecule has 0 bridgehead atoms. The Balaban J connectivity index is 2.89. The molecule has 0 saturated carbocycles. The molecule has 108 valence electrons. The SMILES string of the molecule is CC(=O)OC1COC(O)C(OC(C)=O)C1OC(C)=O. The Morgan fingerprint density at radius 2 is 1.42 bits per heavy atom. The standard InChI is InChI=1S/C11H16O8/c1-5(12)17-8-4-16-11(15)10(19-7(3)14)9(8)18-6(2)13/h8-11,15H,4H2,1-3H3. The minimum Gasteiger partial charge on any atom is -0.456 e. The van der Waals surface area contributed by atoms with Crippen LogP contribution in [0.5, 0.6) is 0 Å². The summed E-state index contributed by atoms with van der Waals surface area (Å²) in [4.78, 5) is 33.0. The number of carbonyl (C=O) groups excluding carboxylic acids is 3. The van der Waals surface area contributed by atoms with Gasteiger partial charge in [0.05, 0.1) is 6.61 Å². The average molecular weight is 276 g/mol. The number of carbonyl (C=O) groups is 3. The Bertz CT molecular complexity index is 366. The highest BCUT2D eigenvalue weighted by atomic mass is 16.7. The maximum Gasteiger partial charge on any atom is 0.303 e. The van der Waals surface area contributed by atoms with Crippen LogP contribution in [-0.2, 0) is 33.3 Å². The maximum absolute atomic E-state index is 11.1. The van der Waals surface area contributed by atoms with Crippen LogP contribution in [-0.4, -0.2) is 54.2 Å². The van der Waals surface area contributed by atoms with E-state index in [2.05, 4.69) is 0 Å². The van der Waals surface area contributed by atoms with Gasteiger partial charge in [-0.1, -0.05) is 0 Å². The van der Waals surface area contributed by atoms with Crippen LogP contribution < -0.4 is 0 Å². The van der Waals surface area contributed by atoms with Crippen molar-refractivity contribution in [1.82, 2.24) is 0 Å². The third kappa shape index (κ3) is 4.49. The molecule has 0 aromatic carbocycles. The first kappa shape index (κ1) is 15.4. The van der Waals surface area contributed by atoms with E-state index in [1.165, 1.54) is 6.92 Å². The molecule has 1 rings (SSSR count). The van der Waals surface area contributed by atoms with Gasteiger partial charge in [0, 0.05) is 20.8 Å². The molecular weight excluding hydrogens is 260 g/mol. The number of aliphatic hydroxyl groups is 1. The van der Waals surface area contributed by atoms with E-state index >= 15 is 0 Å². The van der Waals surface area contributed by atoms with Crippen molar-refractivity contribution in [2.45, 2.75) is 45.4 Å². The number of hydrogen-bond acceptors (Lipinski definition) is 8. The van der Waals surface area contributed by atoms with Crippen LogP contribution in [0.3, 0.4) is 0 Å². The van der Waals surface area contributed by atoms with Crippen LogP contribution >= 0.6 is 0 Å². The van der Waals surface area contributed by atoms with Gasteiger partial charge < -0.3 is 24.1 Å². The minimum absolute atomic E-state index is 0.170. The zero-order valence-corrected chi connectivity index (χ0v) is 10.8. The largest absolute Gasteiger partial charge is 0.456 e. The number of esters is 3. The zero-order chi connectivity index (χ0) is 14.6. The smallest absolute Gasteiger partial charge is 0.303 e. The van der Waals surface area contributed by atoms with Crippen LogP contribution in [0, 0.1) is 0 Å². The van der Waals surface area contributed by atoms with Gasteiger partial charge in [0.25, 0.3) is 0 Å². The molecule has 1 fully saturated rings. The number of hydrogen-bond donors (Lipinski definition) is 1. The number of ether oxygens (including phenoxy) is 4. The van der Waals surface area contributed by atoms with Crippen LogP contribution in [0.4, 0.5) is 0 Å². The lowest BCUT2D eigenvalue weighted by Gasteiger charge is -2.38. The van der Waals surface area contributed by atoms with Gasteiger partial charge >= 0.3 is 17.9 Å². The first-order valence-electron chi connectivity index (χ1n) is 5.62. The Morgan fingerprint density at radius 1 is 0.947 bits per heavy atom. The number of rotatable bonds is 3. The lowest BCUT2D eigenvalue weighted by atomic mass is 10.0. The molecule has 0 aromatic rings. The van der Waals surface area contributed by atoms with Crippen molar-refractivity contribution >= 4 is 17.9 Å². The summed E-state index contributed by atoms with van der Waals surface area (Å²) < 4.78 is 19.6. The van der Waals surface area contributed by atoms with Crippen molar-refractivity contribution in [1.29, 1.82) is 0 Å². The predicted octanol–water partition coefficient (Wildman–Crippen LogP) is -0.870. The quantitative estimate of drug-likeness (QED) is 0.523. The van der Waals surface area contributed by atoms with Crippen molar-refractivity contribution in [2.75, 3.05) is 6.61 Å². The fraction of sp³-hybridized carbons (Fsp3) is 0.727. The first-order chi connectivity index (χ1) is 8.81. The van der Waals surface area contributed by atoms with Crippen molar-refractivity contribution in [3.8, 4) is 0 Å². The summed E-state index contributed by atoms with van der Waals surface area (Å²) in [5.41, 5.74) is 0. The fourth-order valence-electron chi connectivity index (χ4n) is 1.72. The van der Waals surface area contributed by atoms with E-state index in [1.54, 1.807) is 0 Å². The highest BCUT2D eigenvalue weighted by molar-refractivity contribution is 5.68. The second-order valence-electron chi connectivity index (χ2n) is 4.02. The van der Waals surface area contributed by atoms with Gasteiger partial charge in [-0.3, -0.25) is 14.4 Å². The molecule has 8 heteroatoms. The molecule has 1 aliphatic rings. The van der Waals surface area contributed by atoms with Crippen molar-refractivity contribution in [3.63, 3.8) is 0 Å². The third-order valence-electron chi connectivity index (χ3n) is 2.32. The lowest BCUT2D eigenvalue weighted by molar-refractivity contribution is -0.267. The summed E-state index contributed by atoms with van der Waals surface area (Å²) in [5, 5.41) is 9.62. The molecule has 0 radical (unpaired) electrons. The van der Waals surface area contributed by atoms with Crippen LogP contribution in [0.25, 0.3) is 0 Å². The van der Waals surface area contributed by atoms with Crippen molar-refractivity contribution in [3.05, 3.63) is 0 Å². The normalized spacial score (nSPS) is 30.3. The molecule has 1 heterocycles. The van der Waals surface area contributed by atoms with E-state index in [0.29, 0.717) is 0 Å². The molecule has 1 saturated heterocycles. The van der Waals surface area contributed by atoms with E-state index in [1.807, 2.05) is 0 Å². The summed E-state index contributed by atoms with van der Waals surface area (Å²) >= 11 is 0. The Labute approximate surface area is 109 Å². The molecule has 0 aliphatic carbocycles. The lowest BCUT2D eigenvalue weighted by Crippen LogP contribution is -2.57. The van der Waals surface area contributed by atoms with E-state index in [0.717, 1.165) is 13.8 Å². The topological polar surface area (TPSA) is 108 Å². The average Bonchev–Trinajstić information content (AvgIpc) is 2.25. The molecule has 19 heavy (non-hydrogen) atoms. The fourth-order valence-corrected chi connectivity index (χ4v) is 1.72. The molecule has 8 nitrogen and oxygen atoms in total. The van der Waals surface area contributed by atoms with Crippen LogP contribution in [0.2, 0.25) is 0 Å². The van der Waals surface area contributed by atoms with Gasteiger partial charge in [0.15, 0.2) is 24.6 Å². The maximum atomic E-state index is 11.1. The third-order valence-corrected chi connectivity index (χ3v) is 2.32. The monoisotopic (exact) mass is 276 g/mol. The van der Waals surface area contributed by atoms with Gasteiger partial charge in [-0.05, 0) is 0 Å². The summed E-state index contributed by atoms with van der Waals surface area (Å²) in [7, 11) is 0. The summed E-state index contributed by atoms with van der Waals surface area (Å²) in [6.07, 6.45) is -4.78. The van der Waals surface area contributed by atoms with Crippen molar-refractivity contribution in [2.24, 2.45) is 0 Å². The van der Waals surface area contributed by atoms with Crippen molar-refractivity contribution < 1.29 is 38.4 Å².